The monoisotopic (exact) mass is 314 g/mol. The summed E-state index contributed by atoms with van der Waals surface area (Å²) in [6.45, 7) is 5.50. The number of para-hydroxylation sites is 1. The van der Waals surface area contributed by atoms with Crippen molar-refractivity contribution >= 4 is 0 Å². The van der Waals surface area contributed by atoms with Crippen molar-refractivity contribution in [2.45, 2.75) is 32.5 Å². The number of hydrogen-bond donors (Lipinski definition) is 1. The van der Waals surface area contributed by atoms with E-state index in [0.717, 1.165) is 38.4 Å². The lowest BCUT2D eigenvalue weighted by Crippen LogP contribution is -2.46. The number of rotatable bonds is 7. The van der Waals surface area contributed by atoms with Gasteiger partial charge < -0.3 is 14.8 Å². The Balaban J connectivity index is 1.90. The maximum atomic E-state index is 12.5. The van der Waals surface area contributed by atoms with E-state index in [9.17, 15) is 8.78 Å². The minimum Gasteiger partial charge on any atom is -0.434 e. The van der Waals surface area contributed by atoms with Crippen LogP contribution in [-0.2, 0) is 4.74 Å². The second-order valence-corrected chi connectivity index (χ2v) is 5.54. The van der Waals surface area contributed by atoms with Gasteiger partial charge in [0.25, 0.3) is 0 Å². The van der Waals surface area contributed by atoms with Crippen LogP contribution >= 0.6 is 0 Å². The van der Waals surface area contributed by atoms with Gasteiger partial charge in [0.2, 0.25) is 0 Å². The van der Waals surface area contributed by atoms with Crippen LogP contribution in [0.3, 0.4) is 0 Å². The average molecular weight is 314 g/mol. The average Bonchev–Trinajstić information content (AvgIpc) is 2.53. The Morgan fingerprint density at radius 2 is 1.91 bits per heavy atom. The molecule has 2 rings (SSSR count). The third kappa shape index (κ3) is 4.90. The minimum absolute atomic E-state index is 0.0570. The SMILES string of the molecule is C[C@@H](NC[C@H](C)N1CCOCC1)c1ccccc1OC(F)F. The molecule has 124 valence electrons. The van der Waals surface area contributed by atoms with Crippen LogP contribution < -0.4 is 10.1 Å². The van der Waals surface area contributed by atoms with Gasteiger partial charge in [-0.1, -0.05) is 18.2 Å². The van der Waals surface area contributed by atoms with Gasteiger partial charge in [-0.15, -0.1) is 0 Å². The molecule has 0 aromatic heterocycles. The fourth-order valence-electron chi connectivity index (χ4n) is 2.65. The molecule has 0 saturated carbocycles. The molecule has 2 atom stereocenters. The number of alkyl halides is 2. The molecule has 22 heavy (non-hydrogen) atoms. The largest absolute Gasteiger partial charge is 0.434 e. The molecule has 1 fully saturated rings. The number of nitrogens with one attached hydrogen (secondary N) is 1. The summed E-state index contributed by atoms with van der Waals surface area (Å²) in [5, 5.41) is 3.40. The van der Waals surface area contributed by atoms with Crippen molar-refractivity contribution < 1.29 is 18.3 Å². The van der Waals surface area contributed by atoms with E-state index in [0.29, 0.717) is 6.04 Å². The van der Waals surface area contributed by atoms with Crippen molar-refractivity contribution in [3.63, 3.8) is 0 Å². The topological polar surface area (TPSA) is 33.7 Å². The Kier molecular flexibility index (Phi) is 6.54. The van der Waals surface area contributed by atoms with Crippen LogP contribution in [0.25, 0.3) is 0 Å². The first-order valence-corrected chi connectivity index (χ1v) is 7.67. The molecule has 1 aliphatic heterocycles. The molecule has 0 amide bonds. The first-order valence-electron chi connectivity index (χ1n) is 7.67. The number of halogens is 2. The van der Waals surface area contributed by atoms with Gasteiger partial charge in [0.15, 0.2) is 0 Å². The molecule has 1 N–H and O–H groups in total. The van der Waals surface area contributed by atoms with E-state index in [1.807, 2.05) is 19.1 Å². The van der Waals surface area contributed by atoms with Crippen molar-refractivity contribution in [3.8, 4) is 5.75 Å². The van der Waals surface area contributed by atoms with Gasteiger partial charge >= 0.3 is 6.61 Å². The Hall–Kier alpha value is -1.24. The highest BCUT2D eigenvalue weighted by Gasteiger charge is 2.19. The molecule has 1 aromatic carbocycles. The molecular formula is C16H24F2N2O2. The third-order valence-corrected chi connectivity index (χ3v) is 3.99. The van der Waals surface area contributed by atoms with E-state index in [4.69, 9.17) is 4.74 Å². The Morgan fingerprint density at radius 1 is 1.23 bits per heavy atom. The van der Waals surface area contributed by atoms with Crippen LogP contribution in [0.2, 0.25) is 0 Å². The molecule has 1 aromatic rings. The highest BCUT2D eigenvalue weighted by Crippen LogP contribution is 2.26. The minimum atomic E-state index is -2.80. The van der Waals surface area contributed by atoms with E-state index in [1.54, 1.807) is 12.1 Å². The van der Waals surface area contributed by atoms with Crippen molar-refractivity contribution in [2.24, 2.45) is 0 Å². The first kappa shape index (κ1) is 17.1. The number of ether oxygens (including phenoxy) is 2. The van der Waals surface area contributed by atoms with Crippen LogP contribution in [0.5, 0.6) is 5.75 Å². The van der Waals surface area contributed by atoms with Gasteiger partial charge in [-0.2, -0.15) is 8.78 Å². The second-order valence-electron chi connectivity index (χ2n) is 5.54. The summed E-state index contributed by atoms with van der Waals surface area (Å²) < 4.78 is 34.9. The van der Waals surface area contributed by atoms with E-state index in [2.05, 4.69) is 21.9 Å². The zero-order valence-corrected chi connectivity index (χ0v) is 13.1. The van der Waals surface area contributed by atoms with Crippen molar-refractivity contribution in [3.05, 3.63) is 29.8 Å². The van der Waals surface area contributed by atoms with Crippen molar-refractivity contribution in [1.82, 2.24) is 10.2 Å². The van der Waals surface area contributed by atoms with Crippen LogP contribution in [0.4, 0.5) is 8.78 Å². The fourth-order valence-corrected chi connectivity index (χ4v) is 2.65. The molecule has 0 spiro atoms. The molecule has 0 radical (unpaired) electrons. The Labute approximate surface area is 130 Å². The van der Waals surface area contributed by atoms with Crippen LogP contribution in [-0.4, -0.2) is 50.4 Å². The van der Waals surface area contributed by atoms with Crippen molar-refractivity contribution in [1.29, 1.82) is 0 Å². The van der Waals surface area contributed by atoms with Crippen molar-refractivity contribution in [2.75, 3.05) is 32.8 Å². The van der Waals surface area contributed by atoms with Gasteiger partial charge in [-0.05, 0) is 19.9 Å². The van der Waals surface area contributed by atoms with Crippen LogP contribution in [0.15, 0.2) is 24.3 Å². The third-order valence-electron chi connectivity index (χ3n) is 3.99. The maximum Gasteiger partial charge on any atom is 0.387 e. The Morgan fingerprint density at radius 3 is 2.59 bits per heavy atom. The first-order chi connectivity index (χ1) is 10.6. The standard InChI is InChI=1S/C16H24F2N2O2/c1-12(20-7-9-21-10-8-20)11-19-13(2)14-5-3-4-6-15(14)22-16(17)18/h3-6,12-13,16,19H,7-11H2,1-2H3/t12-,13+/m0/s1. The quantitative estimate of drug-likeness (QED) is 0.839. The molecule has 1 saturated heterocycles. The van der Waals surface area contributed by atoms with Gasteiger partial charge in [0.05, 0.1) is 13.2 Å². The van der Waals surface area contributed by atoms with Gasteiger partial charge in [-0.25, -0.2) is 0 Å². The molecule has 4 nitrogen and oxygen atoms in total. The summed E-state index contributed by atoms with van der Waals surface area (Å²) in [4.78, 5) is 2.37. The highest BCUT2D eigenvalue weighted by atomic mass is 19.3. The maximum absolute atomic E-state index is 12.5. The molecule has 0 unspecified atom stereocenters. The lowest BCUT2D eigenvalue weighted by molar-refractivity contribution is -0.0506. The molecule has 1 heterocycles. The summed E-state index contributed by atoms with van der Waals surface area (Å²) in [7, 11) is 0. The van der Waals surface area contributed by atoms with E-state index in [1.165, 1.54) is 0 Å². The van der Waals surface area contributed by atoms with E-state index < -0.39 is 6.61 Å². The Bertz CT molecular complexity index is 454. The fraction of sp³-hybridized carbons (Fsp3) is 0.625. The van der Waals surface area contributed by atoms with E-state index >= 15 is 0 Å². The van der Waals surface area contributed by atoms with Gasteiger partial charge in [-0.3, -0.25) is 4.90 Å². The summed E-state index contributed by atoms with van der Waals surface area (Å²) in [6.07, 6.45) is 0. The zero-order chi connectivity index (χ0) is 15.9. The predicted molar refractivity (Wildman–Crippen MR) is 81.3 cm³/mol. The van der Waals surface area contributed by atoms with Crippen LogP contribution in [0, 0.1) is 0 Å². The highest BCUT2D eigenvalue weighted by molar-refractivity contribution is 5.35. The summed E-state index contributed by atoms with van der Waals surface area (Å²) in [6, 6.07) is 7.23. The number of benzene rings is 1. The van der Waals surface area contributed by atoms with Gasteiger partial charge in [0, 0.05) is 37.3 Å². The normalized spacial score (nSPS) is 19.1. The number of morpholine rings is 1. The summed E-state index contributed by atoms with van der Waals surface area (Å²) in [5.41, 5.74) is 0.747. The second kappa shape index (κ2) is 8.41. The van der Waals surface area contributed by atoms with Gasteiger partial charge in [0.1, 0.15) is 5.75 Å². The molecule has 6 heteroatoms. The zero-order valence-electron chi connectivity index (χ0n) is 13.1. The molecule has 1 aliphatic rings. The van der Waals surface area contributed by atoms with Crippen LogP contribution in [0.1, 0.15) is 25.5 Å². The predicted octanol–water partition coefficient (Wildman–Crippen LogP) is 2.66. The molecule has 0 bridgehead atoms. The summed E-state index contributed by atoms with van der Waals surface area (Å²) >= 11 is 0. The number of hydrogen-bond acceptors (Lipinski definition) is 4. The molecular weight excluding hydrogens is 290 g/mol. The smallest absolute Gasteiger partial charge is 0.387 e. The van der Waals surface area contributed by atoms with E-state index in [-0.39, 0.29) is 11.8 Å². The lowest BCUT2D eigenvalue weighted by Gasteiger charge is -2.33. The molecule has 0 aliphatic carbocycles. The summed E-state index contributed by atoms with van der Waals surface area (Å²) in [5.74, 6) is 0.233. The number of nitrogens with zero attached hydrogens (tertiary/aromatic N) is 1. The lowest BCUT2D eigenvalue weighted by atomic mass is 10.1.